The highest BCUT2D eigenvalue weighted by Crippen LogP contribution is 2.49. The molecule has 1 N–H and O–H groups in total. The maximum Gasteiger partial charge on any atom is 0.220 e. The molecule has 0 saturated heterocycles. The van der Waals surface area contributed by atoms with Crippen molar-refractivity contribution in [2.45, 2.75) is 52.4 Å². The first-order valence-corrected chi connectivity index (χ1v) is 17.2. The monoisotopic (exact) mass is 716 g/mol. The molecule has 0 saturated carbocycles. The zero-order valence-electron chi connectivity index (χ0n) is 30.9. The van der Waals surface area contributed by atoms with Gasteiger partial charge in [0.2, 0.25) is 17.3 Å². The number of H-pyrrole nitrogens is 1. The predicted molar refractivity (Wildman–Crippen MR) is 212 cm³/mol. The first-order chi connectivity index (χ1) is 26.3. The quantitative estimate of drug-likeness (QED) is 0.176. The normalized spacial score (nSPS) is 11.4. The van der Waals surface area contributed by atoms with Crippen LogP contribution in [0.4, 0.5) is 17.1 Å². The summed E-state index contributed by atoms with van der Waals surface area (Å²) in [6.45, 7) is 35.8. The number of nitriles is 2. The van der Waals surface area contributed by atoms with Crippen LogP contribution in [-0.4, -0.2) is 24.7 Å². The highest BCUT2D eigenvalue weighted by molar-refractivity contribution is 6.09. The molecule has 4 heterocycles. The zero-order valence-corrected chi connectivity index (χ0v) is 30.9. The number of nitrogens with zero attached hydrogens (tertiary/aromatic N) is 9. The molecular weight excluding hydrogens is 685 g/mol. The van der Waals surface area contributed by atoms with E-state index in [0.29, 0.717) is 23.0 Å². The average Bonchev–Trinajstić information content (AvgIpc) is 3.79. The fraction of sp³-hybridized carbons (Fsp3) is 0.182. The first kappa shape index (κ1) is 35.6. The molecule has 0 fully saturated rings. The minimum Gasteiger partial charge on any atom is -0.439 e. The van der Waals surface area contributed by atoms with Crippen molar-refractivity contribution < 1.29 is 4.74 Å². The van der Waals surface area contributed by atoms with E-state index >= 15 is 0 Å². The third kappa shape index (κ3) is 6.15. The Balaban J connectivity index is 1.35. The summed E-state index contributed by atoms with van der Waals surface area (Å²) in [6.07, 6.45) is 1.85. The van der Waals surface area contributed by atoms with Crippen molar-refractivity contribution in [3.05, 3.63) is 135 Å². The number of ether oxygens (including phenoxy) is 1. The van der Waals surface area contributed by atoms with E-state index in [1.807, 2.05) is 66.9 Å². The molecule has 11 heteroatoms. The van der Waals surface area contributed by atoms with Gasteiger partial charge < -0.3 is 4.74 Å². The Kier molecular flexibility index (Phi) is 8.63. The van der Waals surface area contributed by atoms with Crippen molar-refractivity contribution in [2.24, 2.45) is 0 Å². The molecule has 0 radical (unpaired) electrons. The van der Waals surface area contributed by atoms with Gasteiger partial charge in [-0.2, -0.15) is 15.6 Å². The van der Waals surface area contributed by atoms with E-state index < -0.39 is 0 Å². The number of pyridine rings is 2. The smallest absolute Gasteiger partial charge is 0.220 e. The molecule has 0 unspecified atom stereocenters. The van der Waals surface area contributed by atoms with Gasteiger partial charge in [0, 0.05) is 34.7 Å². The Labute approximate surface area is 318 Å². The number of nitrogens with one attached hydrogen (secondary N) is 1. The Morgan fingerprint density at radius 2 is 1.40 bits per heavy atom. The molecular formula is C44H32N10O. The van der Waals surface area contributed by atoms with E-state index in [-0.39, 0.29) is 50.3 Å². The summed E-state index contributed by atoms with van der Waals surface area (Å²) in [7, 11) is 0. The fourth-order valence-electron chi connectivity index (χ4n) is 6.60. The molecule has 11 nitrogen and oxygen atoms in total. The van der Waals surface area contributed by atoms with Crippen LogP contribution in [0.3, 0.4) is 0 Å². The number of hydrogen-bond donors (Lipinski definition) is 1. The van der Waals surface area contributed by atoms with E-state index in [9.17, 15) is 10.5 Å². The number of benzene rings is 3. The Morgan fingerprint density at radius 3 is 2.07 bits per heavy atom. The van der Waals surface area contributed by atoms with Gasteiger partial charge in [-0.05, 0) is 64.4 Å². The second-order valence-electron chi connectivity index (χ2n) is 15.0. The molecule has 3 aromatic carbocycles. The summed E-state index contributed by atoms with van der Waals surface area (Å²) in [6, 6.07) is 27.6. The van der Waals surface area contributed by atoms with Crippen molar-refractivity contribution in [1.29, 1.82) is 10.5 Å². The number of fused-ring (bicyclic) bond motifs is 3. The van der Waals surface area contributed by atoms with Gasteiger partial charge in [-0.1, -0.05) is 59.7 Å². The minimum atomic E-state index is -0.325. The number of aromatic amines is 1. The molecule has 0 atom stereocenters. The van der Waals surface area contributed by atoms with E-state index in [1.165, 1.54) is 5.56 Å². The molecule has 0 amide bonds. The Hall–Kier alpha value is -7.78. The van der Waals surface area contributed by atoms with Gasteiger partial charge in [0.1, 0.15) is 11.6 Å². The fourth-order valence-corrected chi connectivity index (χ4v) is 6.60. The van der Waals surface area contributed by atoms with E-state index in [1.54, 1.807) is 6.07 Å². The van der Waals surface area contributed by atoms with Crippen LogP contribution in [0.25, 0.3) is 64.8 Å². The lowest BCUT2D eigenvalue weighted by atomic mass is 9.87. The minimum absolute atomic E-state index is 0.00428. The number of para-hydroxylation sites is 1. The van der Waals surface area contributed by atoms with Crippen LogP contribution in [0.2, 0.25) is 0 Å². The second-order valence-corrected chi connectivity index (χ2v) is 15.0. The van der Waals surface area contributed by atoms with Crippen molar-refractivity contribution in [3.63, 3.8) is 0 Å². The summed E-state index contributed by atoms with van der Waals surface area (Å²) in [5.41, 5.74) is 3.43. The standard InChI is InChI=1S/C44H32N10O/c1-43(2,3)25-16-17-50-37(19-25)54-35-13-11-10-12-28(35)29-15-14-27(21-36(29)54)55-38-20-26(44(4,5)6)18-32(51-38)33-22-34(53-52-33)39-30(23-45)31(24-46)40(47-7)42(49-9)41(39)48-8/h10-22H,1-6H3,(H,52,53). The second kappa shape index (κ2) is 13.3. The van der Waals surface area contributed by atoms with Gasteiger partial charge in [0.25, 0.3) is 0 Å². The predicted octanol–water partition coefficient (Wildman–Crippen LogP) is 11.4. The molecule has 0 aliphatic heterocycles. The van der Waals surface area contributed by atoms with E-state index in [4.69, 9.17) is 34.4 Å². The van der Waals surface area contributed by atoms with Crippen molar-refractivity contribution in [3.8, 4) is 52.2 Å². The maximum atomic E-state index is 10.1. The molecule has 264 valence electrons. The van der Waals surface area contributed by atoms with Gasteiger partial charge in [0.15, 0.2) is 5.69 Å². The van der Waals surface area contributed by atoms with Crippen LogP contribution in [-0.2, 0) is 10.8 Å². The summed E-state index contributed by atoms with van der Waals surface area (Å²) in [5, 5.41) is 29.5. The van der Waals surface area contributed by atoms with E-state index in [0.717, 1.165) is 33.2 Å². The van der Waals surface area contributed by atoms with Gasteiger partial charge in [-0.15, -0.1) is 0 Å². The van der Waals surface area contributed by atoms with Crippen LogP contribution in [0.1, 0.15) is 63.8 Å². The Morgan fingerprint density at radius 1 is 0.709 bits per heavy atom. The van der Waals surface area contributed by atoms with Crippen LogP contribution in [0, 0.1) is 42.4 Å². The van der Waals surface area contributed by atoms with E-state index in [2.05, 4.69) is 89.0 Å². The van der Waals surface area contributed by atoms with Gasteiger partial charge in [0.05, 0.1) is 71.1 Å². The lowest BCUT2D eigenvalue weighted by Gasteiger charge is -2.20. The van der Waals surface area contributed by atoms with Crippen LogP contribution in [0.15, 0.2) is 79.0 Å². The van der Waals surface area contributed by atoms with Crippen LogP contribution >= 0.6 is 0 Å². The van der Waals surface area contributed by atoms with Crippen molar-refractivity contribution in [1.82, 2.24) is 24.7 Å². The average molecular weight is 717 g/mol. The molecule has 7 rings (SSSR count). The number of aromatic nitrogens is 5. The molecule has 55 heavy (non-hydrogen) atoms. The number of rotatable bonds is 5. The summed E-state index contributed by atoms with van der Waals surface area (Å²) in [5.74, 6) is 1.70. The molecule has 0 aliphatic rings. The lowest BCUT2D eigenvalue weighted by Crippen LogP contribution is -2.12. The van der Waals surface area contributed by atoms with Gasteiger partial charge >= 0.3 is 0 Å². The summed E-state index contributed by atoms with van der Waals surface area (Å²) in [4.78, 5) is 19.9. The maximum absolute atomic E-state index is 10.1. The molecule has 0 aliphatic carbocycles. The van der Waals surface area contributed by atoms with Crippen LogP contribution < -0.4 is 4.74 Å². The molecule has 0 spiro atoms. The topological polar surface area (TPSA) is 129 Å². The Bertz CT molecular complexity index is 2880. The third-order valence-electron chi connectivity index (χ3n) is 9.47. The molecule has 0 bridgehead atoms. The molecule has 4 aromatic heterocycles. The number of hydrogen-bond acceptors (Lipinski definition) is 6. The third-order valence-corrected chi connectivity index (χ3v) is 9.47. The van der Waals surface area contributed by atoms with Crippen molar-refractivity contribution in [2.75, 3.05) is 0 Å². The summed E-state index contributed by atoms with van der Waals surface area (Å²) < 4.78 is 8.69. The zero-order chi connectivity index (χ0) is 39.2. The highest BCUT2D eigenvalue weighted by atomic mass is 16.5. The SMILES string of the molecule is [C-]#[N+]c1c(C#N)c(C#N)c(-c2cc(-c3cc(C(C)(C)C)cc(Oc4ccc5c6ccccc6n(-c6cc(C(C)(C)C)ccn6)c5c4)n3)[nH]n2)c([N+]#[C-])c1[N+]#[C-]. The molecule has 7 aromatic rings. The first-order valence-electron chi connectivity index (χ1n) is 17.2. The highest BCUT2D eigenvalue weighted by Gasteiger charge is 2.28. The van der Waals surface area contributed by atoms with Crippen molar-refractivity contribution >= 4 is 38.9 Å². The van der Waals surface area contributed by atoms with Gasteiger partial charge in [-0.25, -0.2) is 9.97 Å². The van der Waals surface area contributed by atoms with Crippen LogP contribution in [0.5, 0.6) is 11.6 Å². The summed E-state index contributed by atoms with van der Waals surface area (Å²) >= 11 is 0. The van der Waals surface area contributed by atoms with Gasteiger partial charge in [-0.3, -0.25) is 24.2 Å². The largest absolute Gasteiger partial charge is 0.439 e. The lowest BCUT2D eigenvalue weighted by molar-refractivity contribution is 0.460.